The number of hydrogen-bond donors (Lipinski definition) is 1. The Labute approximate surface area is 131 Å². The summed E-state index contributed by atoms with van der Waals surface area (Å²) in [4.78, 5) is 12.4. The van der Waals surface area contributed by atoms with Crippen LogP contribution in [0.1, 0.15) is 11.1 Å². The van der Waals surface area contributed by atoms with Gasteiger partial charge in [0.1, 0.15) is 23.1 Å². The number of aromatic hydroxyl groups is 1. The van der Waals surface area contributed by atoms with E-state index < -0.39 is 5.56 Å². The average Bonchev–Trinajstić information content (AvgIpc) is 2.48. The maximum absolute atomic E-state index is 12.4. The van der Waals surface area contributed by atoms with E-state index in [4.69, 9.17) is 26.3 Å². The molecule has 0 bridgehead atoms. The van der Waals surface area contributed by atoms with Gasteiger partial charge in [0.2, 0.25) is 0 Å². The predicted molar refractivity (Wildman–Crippen MR) is 81.3 cm³/mol. The lowest BCUT2D eigenvalue weighted by molar-refractivity contribution is 0.395. The van der Waals surface area contributed by atoms with Crippen molar-refractivity contribution >= 4 is 11.6 Å². The van der Waals surface area contributed by atoms with E-state index in [1.807, 2.05) is 6.07 Å². The Kier molecular flexibility index (Phi) is 4.29. The van der Waals surface area contributed by atoms with Crippen LogP contribution < -0.4 is 15.0 Å². The summed E-state index contributed by atoms with van der Waals surface area (Å²) in [5.41, 5.74) is -0.0969. The van der Waals surface area contributed by atoms with Crippen LogP contribution in [-0.2, 0) is 0 Å². The van der Waals surface area contributed by atoms with E-state index in [2.05, 4.69) is 0 Å². The number of ether oxygens (including phenoxy) is 2. The van der Waals surface area contributed by atoms with Crippen molar-refractivity contribution < 1.29 is 14.6 Å². The van der Waals surface area contributed by atoms with Gasteiger partial charge in [-0.15, -0.1) is 0 Å². The third-order valence-corrected chi connectivity index (χ3v) is 3.49. The molecule has 0 amide bonds. The number of nitrogens with zero attached hydrogens (tertiary/aromatic N) is 2. The Balaban J connectivity index is 2.88. The molecule has 0 radical (unpaired) electrons. The first kappa shape index (κ1) is 15.7. The maximum Gasteiger partial charge on any atom is 0.276 e. The first-order chi connectivity index (χ1) is 10.4. The molecule has 0 spiro atoms. The zero-order chi connectivity index (χ0) is 16.4. The Morgan fingerprint density at radius 1 is 1.23 bits per heavy atom. The van der Waals surface area contributed by atoms with Gasteiger partial charge in [0.15, 0.2) is 5.88 Å². The van der Waals surface area contributed by atoms with E-state index in [0.29, 0.717) is 16.3 Å². The Bertz CT molecular complexity index is 837. The molecule has 0 saturated heterocycles. The molecule has 2 rings (SSSR count). The van der Waals surface area contributed by atoms with E-state index in [9.17, 15) is 9.90 Å². The minimum Gasteiger partial charge on any atom is -0.495 e. The zero-order valence-corrected chi connectivity index (χ0v) is 12.9. The summed E-state index contributed by atoms with van der Waals surface area (Å²) >= 11 is 6.02. The van der Waals surface area contributed by atoms with Gasteiger partial charge in [0.25, 0.3) is 5.56 Å². The Morgan fingerprint density at radius 3 is 2.41 bits per heavy atom. The highest BCUT2D eigenvalue weighted by Gasteiger charge is 2.18. The number of aryl methyl sites for hydroxylation is 1. The molecule has 1 heterocycles. The first-order valence-corrected chi connectivity index (χ1v) is 6.60. The number of aromatic nitrogens is 1. The minimum absolute atomic E-state index is 0.0613. The van der Waals surface area contributed by atoms with Gasteiger partial charge < -0.3 is 14.6 Å². The SMILES string of the molecule is COc1cc(-n2c(O)cc(C)c(C#N)c2=O)c(OC)cc1Cl. The van der Waals surface area contributed by atoms with E-state index in [0.717, 1.165) is 4.57 Å². The summed E-state index contributed by atoms with van der Waals surface area (Å²) in [6, 6.07) is 6.09. The fourth-order valence-corrected chi connectivity index (χ4v) is 2.33. The fourth-order valence-electron chi connectivity index (χ4n) is 2.10. The van der Waals surface area contributed by atoms with Crippen molar-refractivity contribution in [3.05, 3.63) is 44.7 Å². The fraction of sp³-hybridized carbons (Fsp3) is 0.200. The zero-order valence-electron chi connectivity index (χ0n) is 12.2. The third-order valence-electron chi connectivity index (χ3n) is 3.19. The largest absolute Gasteiger partial charge is 0.495 e. The van der Waals surface area contributed by atoms with Crippen LogP contribution in [0.25, 0.3) is 5.69 Å². The smallest absolute Gasteiger partial charge is 0.276 e. The second kappa shape index (κ2) is 6.00. The molecule has 2 aromatic rings. The highest BCUT2D eigenvalue weighted by Crippen LogP contribution is 2.35. The third kappa shape index (κ3) is 2.47. The summed E-state index contributed by atoms with van der Waals surface area (Å²) in [5, 5.41) is 19.5. The van der Waals surface area contributed by atoms with Crippen LogP contribution in [0.5, 0.6) is 17.4 Å². The molecular weight excluding hydrogens is 308 g/mol. The van der Waals surface area contributed by atoms with Crippen molar-refractivity contribution in [1.29, 1.82) is 5.26 Å². The normalized spacial score (nSPS) is 10.1. The predicted octanol–water partition coefficient (Wildman–Crippen LogP) is 2.39. The molecule has 0 unspecified atom stereocenters. The lowest BCUT2D eigenvalue weighted by Crippen LogP contribution is -2.22. The molecular formula is C15H13ClN2O4. The van der Waals surface area contributed by atoms with Crippen molar-refractivity contribution in [3.63, 3.8) is 0 Å². The molecule has 0 aliphatic heterocycles. The summed E-state index contributed by atoms with van der Waals surface area (Å²) in [5.74, 6) is 0.253. The molecule has 0 aliphatic rings. The quantitative estimate of drug-likeness (QED) is 0.938. The number of hydrogen-bond acceptors (Lipinski definition) is 5. The van der Waals surface area contributed by atoms with E-state index in [1.165, 1.54) is 32.4 Å². The summed E-state index contributed by atoms with van der Waals surface area (Å²) < 4.78 is 11.3. The van der Waals surface area contributed by atoms with Crippen molar-refractivity contribution in [1.82, 2.24) is 4.57 Å². The Morgan fingerprint density at radius 2 is 1.86 bits per heavy atom. The van der Waals surface area contributed by atoms with E-state index >= 15 is 0 Å². The minimum atomic E-state index is -0.650. The lowest BCUT2D eigenvalue weighted by Gasteiger charge is -2.15. The molecule has 22 heavy (non-hydrogen) atoms. The molecule has 114 valence electrons. The van der Waals surface area contributed by atoms with E-state index in [-0.39, 0.29) is 22.9 Å². The number of methoxy groups -OCH3 is 2. The summed E-state index contributed by atoms with van der Waals surface area (Å²) in [6.45, 7) is 1.57. The molecule has 0 aliphatic carbocycles. The number of benzene rings is 1. The standard InChI is InChI=1S/C15H13ClN2O4/c1-8-4-14(19)18(15(20)9(8)7-17)11-6-12(21-2)10(16)5-13(11)22-3/h4-6,19H,1-3H3. The lowest BCUT2D eigenvalue weighted by atomic mass is 10.1. The topological polar surface area (TPSA) is 84.5 Å². The Hall–Kier alpha value is -2.65. The van der Waals surface area contributed by atoms with Crippen molar-refractivity contribution in [3.8, 4) is 29.1 Å². The van der Waals surface area contributed by atoms with Gasteiger partial charge in [0, 0.05) is 18.2 Å². The number of halogens is 1. The van der Waals surface area contributed by atoms with Gasteiger partial charge in [-0.05, 0) is 12.5 Å². The van der Waals surface area contributed by atoms with Crippen LogP contribution in [0.15, 0.2) is 23.0 Å². The maximum atomic E-state index is 12.4. The number of nitriles is 1. The van der Waals surface area contributed by atoms with E-state index in [1.54, 1.807) is 6.92 Å². The molecule has 0 atom stereocenters. The highest BCUT2D eigenvalue weighted by atomic mass is 35.5. The average molecular weight is 321 g/mol. The van der Waals surface area contributed by atoms with Gasteiger partial charge >= 0.3 is 0 Å². The van der Waals surface area contributed by atoms with Crippen molar-refractivity contribution in [2.45, 2.75) is 6.92 Å². The van der Waals surface area contributed by atoms with Gasteiger partial charge in [0.05, 0.1) is 24.9 Å². The van der Waals surface area contributed by atoms with Crippen molar-refractivity contribution in [2.24, 2.45) is 0 Å². The summed E-state index contributed by atoms with van der Waals surface area (Å²) in [6.07, 6.45) is 0. The second-order valence-corrected chi connectivity index (χ2v) is 4.88. The van der Waals surface area contributed by atoms with Crippen molar-refractivity contribution in [2.75, 3.05) is 14.2 Å². The molecule has 6 nitrogen and oxygen atoms in total. The van der Waals surface area contributed by atoms with Crippen LogP contribution in [0, 0.1) is 18.3 Å². The second-order valence-electron chi connectivity index (χ2n) is 4.47. The van der Waals surface area contributed by atoms with Crippen LogP contribution in [0.2, 0.25) is 5.02 Å². The molecule has 0 fully saturated rings. The molecule has 1 aromatic carbocycles. The van der Waals surface area contributed by atoms with Gasteiger partial charge in [-0.1, -0.05) is 11.6 Å². The molecule has 7 heteroatoms. The van der Waals surface area contributed by atoms with Crippen LogP contribution in [0.4, 0.5) is 0 Å². The van der Waals surface area contributed by atoms with Gasteiger partial charge in [-0.2, -0.15) is 5.26 Å². The molecule has 1 aromatic heterocycles. The highest BCUT2D eigenvalue weighted by molar-refractivity contribution is 6.32. The monoisotopic (exact) mass is 320 g/mol. The van der Waals surface area contributed by atoms with Crippen LogP contribution >= 0.6 is 11.6 Å². The number of pyridine rings is 1. The molecule has 0 saturated carbocycles. The van der Waals surface area contributed by atoms with Gasteiger partial charge in [-0.25, -0.2) is 4.57 Å². The van der Waals surface area contributed by atoms with Crippen LogP contribution in [0.3, 0.4) is 0 Å². The molecule has 1 N–H and O–H groups in total. The van der Waals surface area contributed by atoms with Crippen LogP contribution in [-0.4, -0.2) is 23.9 Å². The number of rotatable bonds is 3. The summed E-state index contributed by atoms with van der Waals surface area (Å²) in [7, 11) is 2.83. The first-order valence-electron chi connectivity index (χ1n) is 6.22. The van der Waals surface area contributed by atoms with Gasteiger partial charge in [-0.3, -0.25) is 4.79 Å².